The highest BCUT2D eigenvalue weighted by Gasteiger charge is 2.15. The van der Waals surface area contributed by atoms with Gasteiger partial charge in [-0.1, -0.05) is 26.7 Å². The highest BCUT2D eigenvalue weighted by atomic mass is 16.1. The van der Waals surface area contributed by atoms with E-state index in [-0.39, 0.29) is 5.91 Å². The molecule has 5 heteroatoms. The second-order valence-corrected chi connectivity index (χ2v) is 5.57. The average molecular weight is 264 g/mol. The van der Waals surface area contributed by atoms with Crippen LogP contribution in [0.15, 0.2) is 6.20 Å². The van der Waals surface area contributed by atoms with Crippen molar-refractivity contribution < 1.29 is 4.79 Å². The lowest BCUT2D eigenvalue weighted by molar-refractivity contribution is 0.0948. The lowest BCUT2D eigenvalue weighted by Gasteiger charge is -2.14. The Labute approximate surface area is 114 Å². The molecule has 1 amide bonds. The second kappa shape index (κ2) is 6.59. The molecule has 2 N–H and O–H groups in total. The van der Waals surface area contributed by atoms with Crippen LogP contribution in [0.2, 0.25) is 0 Å². The van der Waals surface area contributed by atoms with Gasteiger partial charge < -0.3 is 15.2 Å². The fourth-order valence-corrected chi connectivity index (χ4v) is 2.26. The number of hydrogen-bond acceptors (Lipinski definition) is 3. The average Bonchev–Trinajstić information content (AvgIpc) is 2.81. The molecule has 0 fully saturated rings. The molecule has 1 aliphatic rings. The predicted molar refractivity (Wildman–Crippen MR) is 76.4 cm³/mol. The third kappa shape index (κ3) is 3.98. The minimum Gasteiger partial charge on any atom is -0.356 e. The van der Waals surface area contributed by atoms with E-state index in [1.807, 2.05) is 10.8 Å². The zero-order valence-corrected chi connectivity index (χ0v) is 11.9. The monoisotopic (exact) mass is 264 g/mol. The molecule has 2 heterocycles. The fourth-order valence-electron chi connectivity index (χ4n) is 2.26. The number of amides is 1. The number of unbranched alkanes of at least 4 members (excludes halogenated alkanes) is 1. The molecule has 0 unspecified atom stereocenters. The molecule has 0 saturated carbocycles. The van der Waals surface area contributed by atoms with Gasteiger partial charge in [0.2, 0.25) is 5.95 Å². The van der Waals surface area contributed by atoms with Crippen LogP contribution in [0.3, 0.4) is 0 Å². The van der Waals surface area contributed by atoms with Crippen molar-refractivity contribution in [3.63, 3.8) is 0 Å². The lowest BCUT2D eigenvalue weighted by atomic mass is 10.1. The second-order valence-electron chi connectivity index (χ2n) is 5.57. The van der Waals surface area contributed by atoms with Crippen molar-refractivity contribution in [3.05, 3.63) is 11.9 Å². The van der Waals surface area contributed by atoms with Gasteiger partial charge in [0, 0.05) is 25.8 Å². The molecule has 0 aromatic carbocycles. The Morgan fingerprint density at radius 3 is 3.11 bits per heavy atom. The lowest BCUT2D eigenvalue weighted by Crippen LogP contribution is -2.24. The predicted octanol–water partition coefficient (Wildman–Crippen LogP) is 2.25. The maximum absolute atomic E-state index is 11.9. The number of nitrogens with zero attached hydrogens (tertiary/aromatic N) is 2. The molecule has 1 aromatic rings. The summed E-state index contributed by atoms with van der Waals surface area (Å²) < 4.78 is 2.01. The van der Waals surface area contributed by atoms with E-state index < -0.39 is 0 Å². The Bertz CT molecular complexity index is 402. The summed E-state index contributed by atoms with van der Waals surface area (Å²) in [5.74, 6) is 1.49. The number of fused-ring (bicyclic) bond motifs is 1. The van der Waals surface area contributed by atoms with E-state index in [2.05, 4.69) is 29.5 Å². The number of imidazole rings is 1. The summed E-state index contributed by atoms with van der Waals surface area (Å²) >= 11 is 0. The number of anilines is 1. The first-order valence-corrected chi connectivity index (χ1v) is 7.26. The number of hydrogen-bond donors (Lipinski definition) is 2. The van der Waals surface area contributed by atoms with E-state index in [4.69, 9.17) is 0 Å². The van der Waals surface area contributed by atoms with Crippen molar-refractivity contribution >= 4 is 11.9 Å². The topological polar surface area (TPSA) is 59.0 Å². The van der Waals surface area contributed by atoms with E-state index in [9.17, 15) is 4.79 Å². The Hall–Kier alpha value is -1.52. The van der Waals surface area contributed by atoms with Gasteiger partial charge >= 0.3 is 0 Å². The third-order valence-corrected chi connectivity index (χ3v) is 3.36. The van der Waals surface area contributed by atoms with Crippen LogP contribution in [0.25, 0.3) is 0 Å². The molecule has 0 radical (unpaired) electrons. The van der Waals surface area contributed by atoms with Gasteiger partial charge in [-0.2, -0.15) is 0 Å². The molecule has 0 aliphatic carbocycles. The Kier molecular flexibility index (Phi) is 4.82. The zero-order valence-electron chi connectivity index (χ0n) is 11.9. The van der Waals surface area contributed by atoms with Gasteiger partial charge in [-0.05, 0) is 18.8 Å². The van der Waals surface area contributed by atoms with Crippen LogP contribution >= 0.6 is 0 Å². The summed E-state index contributed by atoms with van der Waals surface area (Å²) in [5, 5.41) is 6.14. The summed E-state index contributed by atoms with van der Waals surface area (Å²) in [5.41, 5.74) is 0.522. The standard InChI is InChI=1S/C14H24N4O/c1-11(2)6-3-4-7-15-13(19)12-10-18-9-5-8-16-14(18)17-12/h10-11H,3-9H2,1-2H3,(H,15,19)(H,16,17). The summed E-state index contributed by atoms with van der Waals surface area (Å²) in [6.07, 6.45) is 6.35. The van der Waals surface area contributed by atoms with Gasteiger partial charge in [0.15, 0.2) is 0 Å². The van der Waals surface area contributed by atoms with Crippen molar-refractivity contribution in [1.29, 1.82) is 0 Å². The molecule has 2 rings (SSSR count). The first-order valence-electron chi connectivity index (χ1n) is 7.26. The number of aryl methyl sites for hydroxylation is 1. The van der Waals surface area contributed by atoms with Crippen molar-refractivity contribution in [2.24, 2.45) is 5.92 Å². The quantitative estimate of drug-likeness (QED) is 0.775. The van der Waals surface area contributed by atoms with Crippen LogP contribution in [0.4, 0.5) is 5.95 Å². The van der Waals surface area contributed by atoms with E-state index in [0.717, 1.165) is 44.3 Å². The van der Waals surface area contributed by atoms with Gasteiger partial charge in [0.25, 0.3) is 5.91 Å². The smallest absolute Gasteiger partial charge is 0.271 e. The van der Waals surface area contributed by atoms with E-state index in [0.29, 0.717) is 5.69 Å². The van der Waals surface area contributed by atoms with Crippen LogP contribution < -0.4 is 10.6 Å². The van der Waals surface area contributed by atoms with Gasteiger partial charge in [0.05, 0.1) is 0 Å². The number of carbonyl (C=O) groups is 1. The summed E-state index contributed by atoms with van der Waals surface area (Å²) in [6.45, 7) is 7.06. The molecular formula is C14H24N4O. The van der Waals surface area contributed by atoms with Crippen LogP contribution in [-0.2, 0) is 6.54 Å². The van der Waals surface area contributed by atoms with Gasteiger partial charge in [0.1, 0.15) is 5.69 Å². The molecule has 1 aromatic heterocycles. The number of aromatic nitrogens is 2. The molecule has 1 aliphatic heterocycles. The van der Waals surface area contributed by atoms with Crippen LogP contribution in [0, 0.1) is 5.92 Å². The van der Waals surface area contributed by atoms with Gasteiger partial charge in [-0.25, -0.2) is 4.98 Å². The Morgan fingerprint density at radius 1 is 1.53 bits per heavy atom. The normalized spacial score (nSPS) is 14.1. The molecule has 5 nitrogen and oxygen atoms in total. The van der Waals surface area contributed by atoms with Crippen molar-refractivity contribution in [2.75, 3.05) is 18.4 Å². The molecule has 106 valence electrons. The maximum Gasteiger partial charge on any atom is 0.271 e. The van der Waals surface area contributed by atoms with Crippen molar-refractivity contribution in [2.45, 2.75) is 46.1 Å². The highest BCUT2D eigenvalue weighted by Crippen LogP contribution is 2.13. The van der Waals surface area contributed by atoms with Gasteiger partial charge in [-0.3, -0.25) is 4.79 Å². The van der Waals surface area contributed by atoms with E-state index in [1.165, 1.54) is 12.8 Å². The SMILES string of the molecule is CC(C)CCCCNC(=O)c1cn2c(n1)NCCC2. The largest absolute Gasteiger partial charge is 0.356 e. The summed E-state index contributed by atoms with van der Waals surface area (Å²) in [4.78, 5) is 16.3. The molecular weight excluding hydrogens is 240 g/mol. The molecule has 0 saturated heterocycles. The number of nitrogens with one attached hydrogen (secondary N) is 2. The Morgan fingerprint density at radius 2 is 2.37 bits per heavy atom. The first-order chi connectivity index (χ1) is 9.16. The molecule has 0 spiro atoms. The minimum absolute atomic E-state index is 0.0618. The Balaban J connectivity index is 1.75. The van der Waals surface area contributed by atoms with Crippen LogP contribution in [0.1, 0.15) is 50.0 Å². The van der Waals surface area contributed by atoms with E-state index in [1.54, 1.807) is 0 Å². The van der Waals surface area contributed by atoms with E-state index >= 15 is 0 Å². The van der Waals surface area contributed by atoms with Gasteiger partial charge in [-0.15, -0.1) is 0 Å². The van der Waals surface area contributed by atoms with Crippen LogP contribution in [0.5, 0.6) is 0 Å². The first kappa shape index (κ1) is 13.9. The third-order valence-electron chi connectivity index (χ3n) is 3.36. The fraction of sp³-hybridized carbons (Fsp3) is 0.714. The number of rotatable bonds is 6. The summed E-state index contributed by atoms with van der Waals surface area (Å²) in [6, 6.07) is 0. The zero-order chi connectivity index (χ0) is 13.7. The molecule has 0 atom stereocenters. The van der Waals surface area contributed by atoms with Crippen LogP contribution in [-0.4, -0.2) is 28.5 Å². The summed E-state index contributed by atoms with van der Waals surface area (Å²) in [7, 11) is 0. The van der Waals surface area contributed by atoms with Crippen molar-refractivity contribution in [1.82, 2.24) is 14.9 Å². The molecule has 19 heavy (non-hydrogen) atoms. The maximum atomic E-state index is 11.9. The number of carbonyl (C=O) groups excluding carboxylic acids is 1. The minimum atomic E-state index is -0.0618. The highest BCUT2D eigenvalue weighted by molar-refractivity contribution is 5.92. The molecule has 0 bridgehead atoms. The van der Waals surface area contributed by atoms with Crippen molar-refractivity contribution in [3.8, 4) is 0 Å².